The van der Waals surface area contributed by atoms with Crippen LogP contribution in [0.25, 0.3) is 11.0 Å². The van der Waals surface area contributed by atoms with Crippen molar-refractivity contribution in [2.45, 2.75) is 6.92 Å². The zero-order valence-electron chi connectivity index (χ0n) is 14.9. The van der Waals surface area contributed by atoms with Gasteiger partial charge in [-0.1, -0.05) is 0 Å². The molecule has 28 heavy (non-hydrogen) atoms. The van der Waals surface area contributed by atoms with Gasteiger partial charge in [0.15, 0.2) is 5.17 Å². The third kappa shape index (κ3) is 4.46. The number of nitrogens with one attached hydrogen (secondary N) is 1. The topological polar surface area (TPSA) is 120 Å². The lowest BCUT2D eigenvalue weighted by molar-refractivity contribution is -0.135. The predicted octanol–water partition coefficient (Wildman–Crippen LogP) is 2.22. The van der Waals surface area contributed by atoms with Crippen molar-refractivity contribution < 1.29 is 28.3 Å². The minimum absolute atomic E-state index is 0.126. The van der Waals surface area contributed by atoms with Gasteiger partial charge in [-0.05, 0) is 48.5 Å². The second-order valence-electron chi connectivity index (χ2n) is 5.37. The van der Waals surface area contributed by atoms with E-state index >= 15 is 0 Å². The fraction of sp³-hybridized carbons (Fsp3) is 0.167. The van der Waals surface area contributed by atoms with E-state index in [4.69, 9.17) is 9.15 Å². The van der Waals surface area contributed by atoms with Crippen LogP contribution in [-0.2, 0) is 19.1 Å². The van der Waals surface area contributed by atoms with Crippen molar-refractivity contribution in [3.63, 3.8) is 0 Å². The molecule has 1 aromatic heterocycles. The first-order valence-corrected chi connectivity index (χ1v) is 8.92. The quantitative estimate of drug-likeness (QED) is 0.353. The van der Waals surface area contributed by atoms with Crippen LogP contribution >= 0.6 is 11.8 Å². The molecule has 10 heteroatoms. The number of thioether (sulfide) groups is 1. The molecule has 1 fully saturated rings. The number of furan rings is 1. The van der Waals surface area contributed by atoms with E-state index in [9.17, 15) is 14.4 Å². The van der Waals surface area contributed by atoms with Crippen LogP contribution < -0.4 is 5.32 Å². The van der Waals surface area contributed by atoms with Gasteiger partial charge in [-0.15, -0.1) is 5.10 Å². The minimum Gasteiger partial charge on any atom is -0.466 e. The van der Waals surface area contributed by atoms with E-state index in [-0.39, 0.29) is 22.4 Å². The number of fused-ring (bicyclic) bond motifs is 1. The molecule has 2 heterocycles. The van der Waals surface area contributed by atoms with E-state index in [1.165, 1.54) is 13.3 Å². The summed E-state index contributed by atoms with van der Waals surface area (Å²) in [5.41, 5.74) is 1.26. The molecule has 1 saturated heterocycles. The highest BCUT2D eigenvalue weighted by Gasteiger charge is 2.25. The average Bonchev–Trinajstić information content (AvgIpc) is 3.25. The van der Waals surface area contributed by atoms with Crippen molar-refractivity contribution in [2.24, 2.45) is 10.2 Å². The summed E-state index contributed by atoms with van der Waals surface area (Å²) in [5, 5.41) is 11.3. The van der Waals surface area contributed by atoms with Crippen LogP contribution in [0.2, 0.25) is 0 Å². The van der Waals surface area contributed by atoms with Crippen LogP contribution in [0.4, 0.5) is 0 Å². The summed E-state index contributed by atoms with van der Waals surface area (Å²) in [6.45, 7) is 1.98. The smallest absolute Gasteiger partial charge is 0.374 e. The van der Waals surface area contributed by atoms with E-state index < -0.39 is 17.8 Å². The molecule has 0 spiro atoms. The van der Waals surface area contributed by atoms with Crippen LogP contribution in [0.1, 0.15) is 23.0 Å². The van der Waals surface area contributed by atoms with Crippen molar-refractivity contribution in [3.8, 4) is 0 Å². The third-order valence-corrected chi connectivity index (χ3v) is 4.37. The van der Waals surface area contributed by atoms with E-state index in [1.807, 2.05) is 0 Å². The molecule has 0 radical (unpaired) electrons. The molecular weight excluding hydrogens is 386 g/mol. The first-order chi connectivity index (χ1) is 13.5. The summed E-state index contributed by atoms with van der Waals surface area (Å²) in [5.74, 6) is -1.47. The number of hydrogen-bond donors (Lipinski definition) is 1. The number of amides is 1. The highest BCUT2D eigenvalue weighted by Crippen LogP contribution is 2.24. The zero-order valence-corrected chi connectivity index (χ0v) is 15.7. The van der Waals surface area contributed by atoms with Gasteiger partial charge in [0.25, 0.3) is 5.91 Å². The lowest BCUT2D eigenvalue weighted by atomic mass is 10.2. The Bertz CT molecular complexity index is 1040. The first kappa shape index (κ1) is 19.4. The van der Waals surface area contributed by atoms with Crippen LogP contribution in [-0.4, -0.2) is 42.9 Å². The molecule has 2 aromatic rings. The first-order valence-electron chi connectivity index (χ1n) is 8.10. The van der Waals surface area contributed by atoms with Crippen molar-refractivity contribution in [2.75, 3.05) is 13.7 Å². The van der Waals surface area contributed by atoms with Gasteiger partial charge in [-0.2, -0.15) is 5.10 Å². The number of nitrogens with zero attached hydrogens (tertiary/aromatic N) is 2. The molecule has 0 bridgehead atoms. The summed E-state index contributed by atoms with van der Waals surface area (Å²) in [6.07, 6.45) is 2.57. The maximum Gasteiger partial charge on any atom is 0.374 e. The number of rotatable bonds is 5. The van der Waals surface area contributed by atoms with E-state index in [1.54, 1.807) is 31.2 Å². The number of esters is 2. The fourth-order valence-corrected chi connectivity index (χ4v) is 2.97. The molecule has 1 aliphatic rings. The third-order valence-electron chi connectivity index (χ3n) is 3.47. The Kier molecular flexibility index (Phi) is 5.90. The molecule has 1 N–H and O–H groups in total. The second-order valence-corrected chi connectivity index (χ2v) is 6.40. The molecule has 0 atom stereocenters. The maximum atomic E-state index is 11.7. The van der Waals surface area contributed by atoms with Crippen molar-refractivity contribution >= 4 is 52.0 Å². The van der Waals surface area contributed by atoms with E-state index in [0.29, 0.717) is 16.5 Å². The van der Waals surface area contributed by atoms with Gasteiger partial charge >= 0.3 is 11.9 Å². The number of benzene rings is 1. The largest absolute Gasteiger partial charge is 0.466 e. The number of methoxy groups -OCH3 is 1. The lowest BCUT2D eigenvalue weighted by Gasteiger charge is -1.95. The summed E-state index contributed by atoms with van der Waals surface area (Å²) in [6, 6.07) is 6.81. The summed E-state index contributed by atoms with van der Waals surface area (Å²) < 4.78 is 14.8. The lowest BCUT2D eigenvalue weighted by Crippen LogP contribution is -2.19. The second kappa shape index (κ2) is 8.53. The molecule has 1 amide bonds. The SMILES string of the molecule is CCOC(=O)c1cc2cc(C=N/N=C3/NC(=O)/C(=C\C(=O)OC)S3)ccc2o1. The normalized spacial score (nSPS) is 16.9. The van der Waals surface area contributed by atoms with Gasteiger partial charge in [0.1, 0.15) is 5.58 Å². The molecule has 1 aromatic carbocycles. The molecule has 9 nitrogen and oxygen atoms in total. The molecule has 3 rings (SSSR count). The molecular formula is C18H15N3O6S. The monoisotopic (exact) mass is 401 g/mol. The molecule has 1 aliphatic heterocycles. The standard InChI is InChI=1S/C18H15N3O6S/c1-3-26-17(24)13-7-11-6-10(4-5-12(11)27-13)9-19-21-18-20-16(23)14(28-18)8-15(22)25-2/h4-9H,3H2,1-2H3,(H,20,21,23)/b14-8+,19-9?. The Morgan fingerprint density at radius 2 is 2.14 bits per heavy atom. The summed E-state index contributed by atoms with van der Waals surface area (Å²) >= 11 is 0.981. The molecule has 0 unspecified atom stereocenters. The fourth-order valence-electron chi connectivity index (χ4n) is 2.23. The van der Waals surface area contributed by atoms with Crippen molar-refractivity contribution in [1.82, 2.24) is 5.32 Å². The molecule has 0 aliphatic carbocycles. The van der Waals surface area contributed by atoms with Gasteiger partial charge in [0.05, 0.1) is 24.8 Å². The Hall–Kier alpha value is -3.40. The average molecular weight is 401 g/mol. The Labute approximate surface area is 163 Å². The van der Waals surface area contributed by atoms with Gasteiger partial charge in [-0.25, -0.2) is 9.59 Å². The van der Waals surface area contributed by atoms with Crippen LogP contribution in [0.5, 0.6) is 0 Å². The number of hydrogen-bond acceptors (Lipinski definition) is 9. The van der Waals surface area contributed by atoms with Gasteiger partial charge < -0.3 is 13.9 Å². The summed E-state index contributed by atoms with van der Waals surface area (Å²) in [4.78, 5) is 34.8. The van der Waals surface area contributed by atoms with Crippen molar-refractivity contribution in [1.29, 1.82) is 0 Å². The summed E-state index contributed by atoms with van der Waals surface area (Å²) in [7, 11) is 1.22. The maximum absolute atomic E-state index is 11.7. The Balaban J connectivity index is 1.72. The number of carbonyl (C=O) groups is 3. The van der Waals surface area contributed by atoms with Gasteiger partial charge in [0, 0.05) is 11.5 Å². The zero-order chi connectivity index (χ0) is 20.1. The van der Waals surface area contributed by atoms with Gasteiger partial charge in [-0.3, -0.25) is 10.1 Å². The Morgan fingerprint density at radius 3 is 2.89 bits per heavy atom. The molecule has 0 saturated carbocycles. The molecule has 144 valence electrons. The number of ether oxygens (including phenoxy) is 2. The van der Waals surface area contributed by atoms with Crippen LogP contribution in [0.15, 0.2) is 49.9 Å². The predicted molar refractivity (Wildman–Crippen MR) is 103 cm³/mol. The minimum atomic E-state index is -0.627. The van der Waals surface area contributed by atoms with E-state index in [2.05, 4.69) is 20.3 Å². The van der Waals surface area contributed by atoms with Gasteiger partial charge in [0.2, 0.25) is 5.76 Å². The van der Waals surface area contributed by atoms with Crippen molar-refractivity contribution in [3.05, 3.63) is 46.6 Å². The number of carbonyl (C=O) groups excluding carboxylic acids is 3. The van der Waals surface area contributed by atoms with Crippen LogP contribution in [0.3, 0.4) is 0 Å². The van der Waals surface area contributed by atoms with Crippen LogP contribution in [0, 0.1) is 0 Å². The highest BCUT2D eigenvalue weighted by molar-refractivity contribution is 8.18. The van der Waals surface area contributed by atoms with E-state index in [0.717, 1.165) is 17.8 Å². The number of amidine groups is 1. The highest BCUT2D eigenvalue weighted by atomic mass is 32.2. The Morgan fingerprint density at radius 1 is 1.32 bits per heavy atom.